The van der Waals surface area contributed by atoms with Gasteiger partial charge in [0.05, 0.1) is 18.5 Å². The van der Waals surface area contributed by atoms with Crippen molar-refractivity contribution in [3.05, 3.63) is 101 Å². The summed E-state index contributed by atoms with van der Waals surface area (Å²) in [6.45, 7) is 0.687. The van der Waals surface area contributed by atoms with Crippen molar-refractivity contribution >= 4 is 5.95 Å². The van der Waals surface area contributed by atoms with Gasteiger partial charge in [-0.25, -0.2) is 4.98 Å². The number of ether oxygens (including phenoxy) is 1. The lowest BCUT2D eigenvalue weighted by molar-refractivity contribution is 0.296. The molecule has 0 unspecified atom stereocenters. The maximum Gasteiger partial charge on any atom is 0.255 e. The SMILES string of the molecule is Nc1nc(CCc2cccc(-c3ccco3)c2)cc(=O)n1CCOc1ccccc1. The lowest BCUT2D eigenvalue weighted by Crippen LogP contribution is -2.27. The molecule has 0 fully saturated rings. The van der Waals surface area contributed by atoms with E-state index in [1.54, 1.807) is 12.3 Å². The number of benzene rings is 2. The van der Waals surface area contributed by atoms with Crippen molar-refractivity contribution in [1.29, 1.82) is 0 Å². The number of furan rings is 1. The molecule has 6 heteroatoms. The third kappa shape index (κ3) is 4.78. The van der Waals surface area contributed by atoms with Crippen molar-refractivity contribution in [2.45, 2.75) is 19.4 Å². The van der Waals surface area contributed by atoms with Crippen molar-refractivity contribution in [1.82, 2.24) is 9.55 Å². The third-order valence-electron chi connectivity index (χ3n) is 4.82. The molecule has 0 aliphatic carbocycles. The Morgan fingerprint density at radius 1 is 0.967 bits per heavy atom. The number of nitrogens with zero attached hydrogens (tertiary/aromatic N) is 2. The van der Waals surface area contributed by atoms with E-state index in [0.717, 1.165) is 29.1 Å². The topological polar surface area (TPSA) is 83.3 Å². The first-order valence-electron chi connectivity index (χ1n) is 9.86. The van der Waals surface area contributed by atoms with Crippen molar-refractivity contribution in [3.8, 4) is 17.1 Å². The molecule has 0 saturated carbocycles. The fourth-order valence-electron chi connectivity index (χ4n) is 3.29. The Morgan fingerprint density at radius 2 is 1.83 bits per heavy atom. The van der Waals surface area contributed by atoms with E-state index in [1.807, 2.05) is 54.6 Å². The summed E-state index contributed by atoms with van der Waals surface area (Å²) in [5.41, 5.74) is 8.73. The Morgan fingerprint density at radius 3 is 2.60 bits per heavy atom. The molecule has 6 nitrogen and oxygen atoms in total. The summed E-state index contributed by atoms with van der Waals surface area (Å²) >= 11 is 0. The molecule has 0 bridgehead atoms. The molecule has 0 saturated heterocycles. The molecule has 0 amide bonds. The minimum Gasteiger partial charge on any atom is -0.492 e. The highest BCUT2D eigenvalue weighted by atomic mass is 16.5. The van der Waals surface area contributed by atoms with Gasteiger partial charge in [0.15, 0.2) is 0 Å². The van der Waals surface area contributed by atoms with Gasteiger partial charge in [-0.3, -0.25) is 9.36 Å². The molecule has 0 spiro atoms. The summed E-state index contributed by atoms with van der Waals surface area (Å²) in [5, 5.41) is 0. The predicted molar refractivity (Wildman–Crippen MR) is 116 cm³/mol. The fourth-order valence-corrected chi connectivity index (χ4v) is 3.29. The van der Waals surface area contributed by atoms with Crippen LogP contribution in [0.4, 0.5) is 5.95 Å². The van der Waals surface area contributed by atoms with Gasteiger partial charge in [-0.15, -0.1) is 0 Å². The van der Waals surface area contributed by atoms with E-state index in [-0.39, 0.29) is 11.5 Å². The summed E-state index contributed by atoms with van der Waals surface area (Å²) in [4.78, 5) is 16.9. The molecule has 0 atom stereocenters. The summed E-state index contributed by atoms with van der Waals surface area (Å²) in [6, 6.07) is 23.0. The van der Waals surface area contributed by atoms with Crippen LogP contribution in [0.5, 0.6) is 5.75 Å². The van der Waals surface area contributed by atoms with E-state index in [9.17, 15) is 4.79 Å². The quantitative estimate of drug-likeness (QED) is 0.483. The van der Waals surface area contributed by atoms with E-state index < -0.39 is 0 Å². The van der Waals surface area contributed by atoms with Gasteiger partial charge in [-0.2, -0.15) is 0 Å². The minimum absolute atomic E-state index is 0.168. The number of hydrogen-bond donors (Lipinski definition) is 1. The van der Waals surface area contributed by atoms with Crippen molar-refractivity contribution in [2.75, 3.05) is 12.3 Å². The average Bonchev–Trinajstić information content (AvgIpc) is 3.30. The number of hydrogen-bond acceptors (Lipinski definition) is 5. The van der Waals surface area contributed by atoms with Crippen LogP contribution in [0.3, 0.4) is 0 Å². The summed E-state index contributed by atoms with van der Waals surface area (Å²) in [6.07, 6.45) is 3.04. The van der Waals surface area contributed by atoms with Crippen LogP contribution in [-0.4, -0.2) is 16.2 Å². The second kappa shape index (κ2) is 9.13. The number of para-hydroxylation sites is 1. The smallest absolute Gasteiger partial charge is 0.255 e. The van der Waals surface area contributed by atoms with E-state index in [4.69, 9.17) is 14.9 Å². The first-order chi connectivity index (χ1) is 14.7. The second-order valence-corrected chi connectivity index (χ2v) is 6.93. The van der Waals surface area contributed by atoms with E-state index in [2.05, 4.69) is 17.1 Å². The van der Waals surface area contributed by atoms with Crippen LogP contribution in [0.15, 0.2) is 88.3 Å². The van der Waals surface area contributed by atoms with Gasteiger partial charge in [-0.1, -0.05) is 36.4 Å². The number of aromatic nitrogens is 2. The van der Waals surface area contributed by atoms with E-state index in [1.165, 1.54) is 4.57 Å². The van der Waals surface area contributed by atoms with Gasteiger partial charge in [0.1, 0.15) is 18.1 Å². The highest BCUT2D eigenvalue weighted by molar-refractivity contribution is 5.58. The summed E-state index contributed by atoms with van der Waals surface area (Å²) < 4.78 is 12.5. The van der Waals surface area contributed by atoms with Crippen LogP contribution in [-0.2, 0) is 19.4 Å². The number of nitrogen functional groups attached to an aromatic ring is 1. The highest BCUT2D eigenvalue weighted by Crippen LogP contribution is 2.21. The van der Waals surface area contributed by atoms with Gasteiger partial charge in [0.25, 0.3) is 5.56 Å². The van der Waals surface area contributed by atoms with Crippen LogP contribution >= 0.6 is 0 Å². The Bertz CT molecular complexity index is 1150. The average molecular weight is 401 g/mol. The second-order valence-electron chi connectivity index (χ2n) is 6.93. The Labute approximate surface area is 174 Å². The molecule has 4 rings (SSSR count). The third-order valence-corrected chi connectivity index (χ3v) is 4.82. The largest absolute Gasteiger partial charge is 0.492 e. The first kappa shape index (κ1) is 19.5. The molecule has 2 aromatic carbocycles. The standard InChI is InChI=1S/C24H23N3O3/c25-24-26-20(12-11-18-6-4-7-19(16-18)22-10-5-14-30-22)17-23(28)27(24)13-15-29-21-8-2-1-3-9-21/h1-10,14,16-17H,11-13,15H2,(H2,25,26). The van der Waals surface area contributed by atoms with Gasteiger partial charge in [-0.05, 0) is 48.7 Å². The van der Waals surface area contributed by atoms with Crippen molar-refractivity contribution in [2.24, 2.45) is 0 Å². The van der Waals surface area contributed by atoms with Gasteiger partial charge >= 0.3 is 0 Å². The molecular weight excluding hydrogens is 378 g/mol. The number of anilines is 1. The number of aryl methyl sites for hydroxylation is 2. The van der Waals surface area contributed by atoms with Crippen LogP contribution in [0.25, 0.3) is 11.3 Å². The lowest BCUT2D eigenvalue weighted by atomic mass is 10.0. The maximum absolute atomic E-state index is 12.5. The molecule has 152 valence electrons. The molecule has 30 heavy (non-hydrogen) atoms. The predicted octanol–water partition coefficient (Wildman–Crippen LogP) is 3.95. The number of rotatable bonds is 8. The normalized spacial score (nSPS) is 10.8. The Balaban J connectivity index is 1.38. The molecule has 0 radical (unpaired) electrons. The van der Waals surface area contributed by atoms with Crippen LogP contribution in [0, 0.1) is 0 Å². The maximum atomic E-state index is 12.5. The summed E-state index contributed by atoms with van der Waals surface area (Å²) in [5.74, 6) is 1.79. The molecule has 0 aliphatic rings. The Kier molecular flexibility index (Phi) is 5.94. The molecule has 2 N–H and O–H groups in total. The lowest BCUT2D eigenvalue weighted by Gasteiger charge is -2.11. The monoisotopic (exact) mass is 401 g/mol. The highest BCUT2D eigenvalue weighted by Gasteiger charge is 2.08. The van der Waals surface area contributed by atoms with E-state index in [0.29, 0.717) is 25.3 Å². The molecule has 2 aromatic heterocycles. The van der Waals surface area contributed by atoms with Gasteiger partial charge < -0.3 is 14.9 Å². The van der Waals surface area contributed by atoms with Crippen molar-refractivity contribution in [3.63, 3.8) is 0 Å². The zero-order chi connectivity index (χ0) is 20.8. The molecule has 2 heterocycles. The Hall–Kier alpha value is -3.80. The van der Waals surface area contributed by atoms with Crippen molar-refractivity contribution < 1.29 is 9.15 Å². The van der Waals surface area contributed by atoms with Crippen LogP contribution in [0.1, 0.15) is 11.3 Å². The van der Waals surface area contributed by atoms with Crippen LogP contribution < -0.4 is 16.0 Å². The van der Waals surface area contributed by atoms with Gasteiger partial charge in [0, 0.05) is 11.6 Å². The zero-order valence-corrected chi connectivity index (χ0v) is 16.5. The fraction of sp³-hybridized carbons (Fsp3) is 0.167. The van der Waals surface area contributed by atoms with Crippen LogP contribution in [0.2, 0.25) is 0 Å². The van der Waals surface area contributed by atoms with Gasteiger partial charge in [0.2, 0.25) is 5.95 Å². The molecular formula is C24H23N3O3. The zero-order valence-electron chi connectivity index (χ0n) is 16.5. The first-order valence-corrected chi connectivity index (χ1v) is 9.86. The van der Waals surface area contributed by atoms with E-state index >= 15 is 0 Å². The minimum atomic E-state index is -0.168. The molecule has 4 aromatic rings. The molecule has 0 aliphatic heterocycles. The number of nitrogens with two attached hydrogens (primary N) is 1. The summed E-state index contributed by atoms with van der Waals surface area (Å²) in [7, 11) is 0.